The number of nitrogens with zero attached hydrogens (tertiary/aromatic N) is 2. The van der Waals surface area contributed by atoms with Gasteiger partial charge in [-0.15, -0.1) is 24.0 Å². The van der Waals surface area contributed by atoms with Crippen LogP contribution in [0.5, 0.6) is 0 Å². The number of hydrogen-bond donors (Lipinski definition) is 1. The van der Waals surface area contributed by atoms with E-state index in [0.29, 0.717) is 4.75 Å². The van der Waals surface area contributed by atoms with Gasteiger partial charge in [-0.25, -0.2) is 0 Å². The molecule has 1 aliphatic heterocycles. The van der Waals surface area contributed by atoms with E-state index in [9.17, 15) is 0 Å². The molecule has 0 radical (unpaired) electrons. The summed E-state index contributed by atoms with van der Waals surface area (Å²) in [4.78, 5) is 6.22. The van der Waals surface area contributed by atoms with Crippen molar-refractivity contribution in [2.75, 3.05) is 33.4 Å². The van der Waals surface area contributed by atoms with Gasteiger partial charge in [0.2, 0.25) is 0 Å². The molecular formula is C10H22IN3S. The van der Waals surface area contributed by atoms with Crippen molar-refractivity contribution in [3.05, 3.63) is 0 Å². The van der Waals surface area contributed by atoms with Gasteiger partial charge in [0.05, 0.1) is 0 Å². The Labute approximate surface area is 114 Å². The molecular weight excluding hydrogens is 321 g/mol. The van der Waals surface area contributed by atoms with E-state index in [0.717, 1.165) is 12.5 Å². The number of guanidine groups is 1. The number of rotatable bonds is 2. The van der Waals surface area contributed by atoms with Crippen LogP contribution in [0, 0.1) is 0 Å². The smallest absolute Gasteiger partial charge is 0.193 e. The quantitative estimate of drug-likeness (QED) is 0.472. The number of thioether (sulfide) groups is 1. The number of halogens is 1. The second-order valence-electron chi connectivity index (χ2n) is 4.20. The fourth-order valence-corrected chi connectivity index (χ4v) is 2.92. The van der Waals surface area contributed by atoms with Gasteiger partial charge >= 0.3 is 0 Å². The lowest BCUT2D eigenvalue weighted by molar-refractivity contribution is 0.541. The molecule has 1 heterocycles. The summed E-state index contributed by atoms with van der Waals surface area (Å²) in [5.74, 6) is 2.28. The molecule has 1 unspecified atom stereocenters. The van der Waals surface area contributed by atoms with Crippen LogP contribution in [0.4, 0.5) is 0 Å². The van der Waals surface area contributed by atoms with E-state index in [-0.39, 0.29) is 24.0 Å². The Kier molecular flexibility index (Phi) is 6.99. The normalized spacial score (nSPS) is 26.0. The summed E-state index contributed by atoms with van der Waals surface area (Å²) in [6.45, 7) is 3.35. The average Bonchev–Trinajstić information content (AvgIpc) is 2.53. The molecule has 0 aromatic heterocycles. The Balaban J connectivity index is 0.00000196. The Morgan fingerprint density at radius 2 is 2.20 bits per heavy atom. The van der Waals surface area contributed by atoms with Crippen LogP contribution in [0.3, 0.4) is 0 Å². The minimum atomic E-state index is 0. The van der Waals surface area contributed by atoms with E-state index in [2.05, 4.69) is 29.0 Å². The standard InChI is InChI=1S/C10H21N3S.HI/c1-10(6-5-7-14-10)8-12-9(11-2)13(3)4;/h5-8H2,1-4H3,(H,11,12);1H. The first-order valence-electron chi connectivity index (χ1n) is 5.09. The van der Waals surface area contributed by atoms with Crippen LogP contribution < -0.4 is 5.32 Å². The summed E-state index contributed by atoms with van der Waals surface area (Å²) in [6, 6.07) is 0. The molecule has 0 bridgehead atoms. The fraction of sp³-hybridized carbons (Fsp3) is 0.900. The molecule has 5 heteroatoms. The van der Waals surface area contributed by atoms with Crippen molar-refractivity contribution in [1.29, 1.82) is 0 Å². The molecule has 1 atom stereocenters. The largest absolute Gasteiger partial charge is 0.355 e. The second-order valence-corrected chi connectivity index (χ2v) is 5.88. The van der Waals surface area contributed by atoms with E-state index in [1.165, 1.54) is 18.6 Å². The van der Waals surface area contributed by atoms with Crippen LogP contribution in [0.2, 0.25) is 0 Å². The van der Waals surface area contributed by atoms with Gasteiger partial charge in [-0.2, -0.15) is 11.8 Å². The van der Waals surface area contributed by atoms with Crippen molar-refractivity contribution in [3.63, 3.8) is 0 Å². The first-order valence-corrected chi connectivity index (χ1v) is 6.08. The maximum Gasteiger partial charge on any atom is 0.193 e. The van der Waals surface area contributed by atoms with Gasteiger partial charge in [0.15, 0.2) is 5.96 Å². The van der Waals surface area contributed by atoms with Crippen LogP contribution in [-0.4, -0.2) is 49.0 Å². The summed E-state index contributed by atoms with van der Waals surface area (Å²) in [6.07, 6.45) is 2.67. The zero-order valence-corrected chi connectivity index (χ0v) is 13.2. The number of hydrogen-bond acceptors (Lipinski definition) is 2. The molecule has 3 nitrogen and oxygen atoms in total. The predicted octanol–water partition coefficient (Wildman–Crippen LogP) is 2.03. The molecule has 15 heavy (non-hydrogen) atoms. The van der Waals surface area contributed by atoms with Gasteiger partial charge in [0, 0.05) is 32.4 Å². The Morgan fingerprint density at radius 1 is 1.53 bits per heavy atom. The Bertz CT molecular complexity index is 213. The van der Waals surface area contributed by atoms with Crippen LogP contribution >= 0.6 is 35.7 Å². The molecule has 1 N–H and O–H groups in total. The lowest BCUT2D eigenvalue weighted by atomic mass is 10.1. The summed E-state index contributed by atoms with van der Waals surface area (Å²) in [5, 5.41) is 3.41. The highest BCUT2D eigenvalue weighted by Crippen LogP contribution is 2.36. The Morgan fingerprint density at radius 3 is 2.60 bits per heavy atom. The van der Waals surface area contributed by atoms with Crippen LogP contribution in [0.1, 0.15) is 19.8 Å². The highest BCUT2D eigenvalue weighted by atomic mass is 127. The van der Waals surface area contributed by atoms with Crippen molar-refractivity contribution in [3.8, 4) is 0 Å². The van der Waals surface area contributed by atoms with Gasteiger partial charge in [0.25, 0.3) is 0 Å². The van der Waals surface area contributed by atoms with Crippen LogP contribution in [0.15, 0.2) is 4.99 Å². The van der Waals surface area contributed by atoms with Gasteiger partial charge in [0.1, 0.15) is 0 Å². The summed E-state index contributed by atoms with van der Waals surface area (Å²) in [5.41, 5.74) is 0. The van der Waals surface area contributed by atoms with Gasteiger partial charge in [-0.05, 0) is 25.5 Å². The zero-order valence-electron chi connectivity index (χ0n) is 10.0. The third-order valence-corrected chi connectivity index (χ3v) is 4.09. The molecule has 1 fully saturated rings. The predicted molar refractivity (Wildman–Crippen MR) is 80.6 cm³/mol. The molecule has 1 rings (SSSR count). The first-order chi connectivity index (χ1) is 6.57. The monoisotopic (exact) mass is 343 g/mol. The van der Waals surface area contributed by atoms with E-state index in [1.54, 1.807) is 0 Å². The summed E-state index contributed by atoms with van der Waals surface area (Å²) in [7, 11) is 5.85. The molecule has 0 saturated carbocycles. The minimum Gasteiger partial charge on any atom is -0.355 e. The van der Waals surface area contributed by atoms with Gasteiger partial charge in [-0.1, -0.05) is 0 Å². The lowest BCUT2D eigenvalue weighted by Crippen LogP contribution is -2.42. The van der Waals surface area contributed by atoms with Crippen LogP contribution in [0.25, 0.3) is 0 Å². The van der Waals surface area contributed by atoms with Crippen molar-refractivity contribution >= 4 is 41.7 Å². The highest BCUT2D eigenvalue weighted by Gasteiger charge is 2.29. The van der Waals surface area contributed by atoms with E-state index in [1.807, 2.05) is 26.0 Å². The molecule has 0 aliphatic carbocycles. The van der Waals surface area contributed by atoms with Crippen molar-refractivity contribution in [2.24, 2.45) is 4.99 Å². The highest BCUT2D eigenvalue weighted by molar-refractivity contribution is 14.0. The topological polar surface area (TPSA) is 27.6 Å². The van der Waals surface area contributed by atoms with Crippen molar-refractivity contribution < 1.29 is 0 Å². The van der Waals surface area contributed by atoms with Crippen LogP contribution in [-0.2, 0) is 0 Å². The molecule has 1 saturated heterocycles. The van der Waals surface area contributed by atoms with Crippen molar-refractivity contribution in [1.82, 2.24) is 10.2 Å². The molecule has 0 amide bonds. The Hall–Kier alpha value is 0.350. The number of nitrogens with one attached hydrogen (secondary N) is 1. The molecule has 0 spiro atoms. The fourth-order valence-electron chi connectivity index (χ4n) is 1.68. The van der Waals surface area contributed by atoms with Gasteiger partial charge < -0.3 is 10.2 Å². The zero-order chi connectivity index (χ0) is 10.6. The minimum absolute atomic E-state index is 0. The maximum absolute atomic E-state index is 4.20. The van der Waals surface area contributed by atoms with E-state index in [4.69, 9.17) is 0 Å². The summed E-state index contributed by atoms with van der Waals surface area (Å²) >= 11 is 2.07. The van der Waals surface area contributed by atoms with Gasteiger partial charge in [-0.3, -0.25) is 4.99 Å². The number of aliphatic imine (C=N–C) groups is 1. The molecule has 0 aromatic rings. The third-order valence-electron chi connectivity index (χ3n) is 2.56. The third kappa shape index (κ3) is 4.80. The SMILES string of the molecule is CN=C(NCC1(C)CCCS1)N(C)C.I. The lowest BCUT2D eigenvalue weighted by Gasteiger charge is -2.26. The van der Waals surface area contributed by atoms with E-state index < -0.39 is 0 Å². The molecule has 90 valence electrons. The first kappa shape index (κ1) is 15.3. The molecule has 0 aromatic carbocycles. The summed E-state index contributed by atoms with van der Waals surface area (Å²) < 4.78 is 0.409. The maximum atomic E-state index is 4.20. The second kappa shape index (κ2) is 6.83. The average molecular weight is 343 g/mol. The molecule has 1 aliphatic rings. The van der Waals surface area contributed by atoms with Crippen molar-refractivity contribution in [2.45, 2.75) is 24.5 Å². The van der Waals surface area contributed by atoms with E-state index >= 15 is 0 Å².